The van der Waals surface area contributed by atoms with Crippen molar-refractivity contribution in [1.82, 2.24) is 4.98 Å². The Hall–Kier alpha value is -1.08. The van der Waals surface area contributed by atoms with E-state index in [2.05, 4.69) is 37.9 Å². The molecule has 0 atom stereocenters. The minimum Gasteiger partial charge on any atom is -0.236 e. The lowest BCUT2D eigenvalue weighted by atomic mass is 10.0. The summed E-state index contributed by atoms with van der Waals surface area (Å²) in [6.45, 7) is 6.26. The molecular weight excluding hydrogens is 194 g/mol. The number of hydrogen-bond donors (Lipinski definition) is 0. The van der Waals surface area contributed by atoms with Crippen LogP contribution in [0.15, 0.2) is 18.2 Å². The summed E-state index contributed by atoms with van der Waals surface area (Å²) >= 11 is 5.90. The van der Waals surface area contributed by atoms with Gasteiger partial charge in [-0.3, -0.25) is 0 Å². The van der Waals surface area contributed by atoms with Gasteiger partial charge in [0.1, 0.15) is 5.15 Å². The molecular formula is C12H12ClN. The highest BCUT2D eigenvalue weighted by molar-refractivity contribution is 6.29. The maximum Gasteiger partial charge on any atom is 0.130 e. The van der Waals surface area contributed by atoms with E-state index in [4.69, 9.17) is 11.6 Å². The van der Waals surface area contributed by atoms with Crippen molar-refractivity contribution in [3.63, 3.8) is 0 Å². The van der Waals surface area contributed by atoms with Gasteiger partial charge in [0.25, 0.3) is 0 Å². The highest BCUT2D eigenvalue weighted by Crippen LogP contribution is 2.23. The van der Waals surface area contributed by atoms with Gasteiger partial charge in [0.2, 0.25) is 0 Å². The predicted octanol–water partition coefficient (Wildman–Crippen LogP) is 3.81. The summed E-state index contributed by atoms with van der Waals surface area (Å²) in [5.74, 6) is 0. The van der Waals surface area contributed by atoms with Gasteiger partial charge in [-0.15, -0.1) is 0 Å². The third-order valence-electron chi connectivity index (χ3n) is 2.60. The number of halogens is 1. The number of hydrogen-bond acceptors (Lipinski definition) is 1. The van der Waals surface area contributed by atoms with Crippen molar-refractivity contribution in [3.8, 4) is 0 Å². The summed E-state index contributed by atoms with van der Waals surface area (Å²) in [6.07, 6.45) is 0. The molecule has 1 nitrogen and oxygen atoms in total. The number of pyridine rings is 1. The lowest BCUT2D eigenvalue weighted by Crippen LogP contribution is -1.88. The Morgan fingerprint density at radius 2 is 1.57 bits per heavy atom. The molecule has 1 aromatic carbocycles. The highest BCUT2D eigenvalue weighted by atomic mass is 35.5. The molecule has 0 N–H and O–H groups in total. The molecule has 0 fully saturated rings. The van der Waals surface area contributed by atoms with Gasteiger partial charge < -0.3 is 0 Å². The minimum atomic E-state index is 0.568. The van der Waals surface area contributed by atoms with E-state index in [9.17, 15) is 0 Å². The standard InChI is InChI=1S/C12H12ClN/c1-7-4-10-9(3)6-12(13)14-11(10)5-8(7)2/h4-6H,1-3H3. The van der Waals surface area contributed by atoms with E-state index in [-0.39, 0.29) is 0 Å². The van der Waals surface area contributed by atoms with Crippen LogP contribution in [0.2, 0.25) is 5.15 Å². The zero-order chi connectivity index (χ0) is 10.3. The van der Waals surface area contributed by atoms with Crippen LogP contribution in [0.5, 0.6) is 0 Å². The van der Waals surface area contributed by atoms with Gasteiger partial charge in [0.15, 0.2) is 0 Å². The van der Waals surface area contributed by atoms with Crippen LogP contribution < -0.4 is 0 Å². The van der Waals surface area contributed by atoms with E-state index in [1.165, 1.54) is 22.1 Å². The first kappa shape index (κ1) is 9.47. The average Bonchev–Trinajstić information content (AvgIpc) is 2.08. The third-order valence-corrected chi connectivity index (χ3v) is 2.79. The fraction of sp³-hybridized carbons (Fsp3) is 0.250. The largest absolute Gasteiger partial charge is 0.236 e. The Kier molecular flexibility index (Phi) is 2.20. The summed E-state index contributed by atoms with van der Waals surface area (Å²) < 4.78 is 0. The molecule has 0 saturated carbocycles. The molecule has 0 radical (unpaired) electrons. The van der Waals surface area contributed by atoms with Gasteiger partial charge in [-0.25, -0.2) is 4.98 Å². The molecule has 1 heterocycles. The number of fused-ring (bicyclic) bond motifs is 1. The number of nitrogens with zero attached hydrogens (tertiary/aromatic N) is 1. The maximum absolute atomic E-state index is 5.90. The van der Waals surface area contributed by atoms with Crippen molar-refractivity contribution >= 4 is 22.5 Å². The molecule has 2 rings (SSSR count). The van der Waals surface area contributed by atoms with E-state index in [0.717, 1.165) is 5.52 Å². The van der Waals surface area contributed by atoms with Gasteiger partial charge in [-0.2, -0.15) is 0 Å². The van der Waals surface area contributed by atoms with Crippen molar-refractivity contribution in [2.45, 2.75) is 20.8 Å². The van der Waals surface area contributed by atoms with Gasteiger partial charge in [0, 0.05) is 5.39 Å². The number of rotatable bonds is 0. The summed E-state index contributed by atoms with van der Waals surface area (Å²) in [6, 6.07) is 6.16. The normalized spacial score (nSPS) is 10.9. The fourth-order valence-corrected chi connectivity index (χ4v) is 1.87. The number of aromatic nitrogens is 1. The van der Waals surface area contributed by atoms with Crippen LogP contribution in [0.4, 0.5) is 0 Å². The Labute approximate surface area is 88.7 Å². The fourth-order valence-electron chi connectivity index (χ4n) is 1.61. The lowest BCUT2D eigenvalue weighted by Gasteiger charge is -2.06. The van der Waals surface area contributed by atoms with Crippen molar-refractivity contribution in [2.75, 3.05) is 0 Å². The van der Waals surface area contributed by atoms with E-state index >= 15 is 0 Å². The van der Waals surface area contributed by atoms with Crippen LogP contribution in [0.1, 0.15) is 16.7 Å². The van der Waals surface area contributed by atoms with E-state index in [0.29, 0.717) is 5.15 Å². The molecule has 2 aromatic rings. The molecule has 0 aliphatic carbocycles. The van der Waals surface area contributed by atoms with Crippen molar-refractivity contribution < 1.29 is 0 Å². The predicted molar refractivity (Wildman–Crippen MR) is 61.0 cm³/mol. The van der Waals surface area contributed by atoms with Crippen molar-refractivity contribution in [2.24, 2.45) is 0 Å². The average molecular weight is 206 g/mol. The Morgan fingerprint density at radius 1 is 0.929 bits per heavy atom. The zero-order valence-corrected chi connectivity index (χ0v) is 9.31. The molecule has 0 spiro atoms. The monoisotopic (exact) mass is 205 g/mol. The zero-order valence-electron chi connectivity index (χ0n) is 8.56. The first-order chi connectivity index (χ1) is 6.58. The summed E-state index contributed by atoms with van der Waals surface area (Å²) in [5.41, 5.74) is 4.72. The lowest BCUT2D eigenvalue weighted by molar-refractivity contribution is 1.31. The molecule has 0 amide bonds. The second-order valence-corrected chi connectivity index (χ2v) is 4.10. The van der Waals surface area contributed by atoms with Crippen LogP contribution in [0, 0.1) is 20.8 Å². The van der Waals surface area contributed by atoms with Crippen LogP contribution in [-0.2, 0) is 0 Å². The quantitative estimate of drug-likeness (QED) is 0.596. The van der Waals surface area contributed by atoms with E-state index < -0.39 is 0 Å². The van der Waals surface area contributed by atoms with Gasteiger partial charge in [-0.1, -0.05) is 11.6 Å². The first-order valence-electron chi connectivity index (χ1n) is 4.62. The Morgan fingerprint density at radius 3 is 2.29 bits per heavy atom. The summed E-state index contributed by atoms with van der Waals surface area (Å²) in [4.78, 5) is 4.30. The molecule has 0 saturated heterocycles. The Balaban J connectivity index is 2.89. The summed E-state index contributed by atoms with van der Waals surface area (Å²) in [7, 11) is 0. The molecule has 0 aliphatic rings. The number of benzene rings is 1. The molecule has 0 bridgehead atoms. The molecule has 72 valence electrons. The van der Waals surface area contributed by atoms with Crippen LogP contribution >= 0.6 is 11.6 Å². The minimum absolute atomic E-state index is 0.568. The highest BCUT2D eigenvalue weighted by Gasteiger charge is 2.03. The van der Waals surface area contributed by atoms with Crippen LogP contribution in [-0.4, -0.2) is 4.98 Å². The van der Waals surface area contributed by atoms with Gasteiger partial charge in [0.05, 0.1) is 5.52 Å². The second kappa shape index (κ2) is 3.25. The smallest absolute Gasteiger partial charge is 0.130 e. The van der Waals surface area contributed by atoms with Crippen molar-refractivity contribution in [1.29, 1.82) is 0 Å². The molecule has 0 unspecified atom stereocenters. The topological polar surface area (TPSA) is 12.9 Å². The second-order valence-electron chi connectivity index (χ2n) is 3.72. The van der Waals surface area contributed by atoms with Gasteiger partial charge in [-0.05, 0) is 55.7 Å². The van der Waals surface area contributed by atoms with E-state index in [1.54, 1.807) is 0 Å². The van der Waals surface area contributed by atoms with Crippen LogP contribution in [0.3, 0.4) is 0 Å². The van der Waals surface area contributed by atoms with Gasteiger partial charge >= 0.3 is 0 Å². The van der Waals surface area contributed by atoms with E-state index in [1.807, 2.05) is 6.07 Å². The Bertz CT molecular complexity index is 503. The molecule has 0 aliphatic heterocycles. The first-order valence-corrected chi connectivity index (χ1v) is 5.00. The van der Waals surface area contributed by atoms with Crippen molar-refractivity contribution in [3.05, 3.63) is 40.0 Å². The molecule has 1 aromatic heterocycles. The third kappa shape index (κ3) is 1.48. The SMILES string of the molecule is Cc1cc2nc(Cl)cc(C)c2cc1C. The number of aryl methyl sites for hydroxylation is 3. The molecule has 14 heavy (non-hydrogen) atoms. The maximum atomic E-state index is 5.90. The van der Waals surface area contributed by atoms with Crippen LogP contribution in [0.25, 0.3) is 10.9 Å². The summed E-state index contributed by atoms with van der Waals surface area (Å²) in [5, 5.41) is 1.76. The molecule has 2 heteroatoms.